The van der Waals surface area contributed by atoms with Crippen LogP contribution in [-0.2, 0) is 4.79 Å². The molecular weight excluding hydrogens is 204 g/mol. The maximum atomic E-state index is 11.2. The van der Waals surface area contributed by atoms with Crippen LogP contribution in [0.25, 0.3) is 0 Å². The van der Waals surface area contributed by atoms with Crippen LogP contribution in [0.3, 0.4) is 0 Å². The van der Waals surface area contributed by atoms with Gasteiger partial charge in [-0.1, -0.05) is 31.0 Å². The number of aryl methyl sites for hydroxylation is 1. The highest BCUT2D eigenvalue weighted by atomic mass is 16.5. The van der Waals surface area contributed by atoms with Crippen molar-refractivity contribution < 1.29 is 14.6 Å². The molecule has 0 aliphatic rings. The zero-order valence-electron chi connectivity index (χ0n) is 9.99. The SMILES string of the molecule is CCCC(C)(Oc1ccc(C)cc1)C(=O)O. The van der Waals surface area contributed by atoms with E-state index < -0.39 is 11.6 Å². The third-order valence-electron chi connectivity index (χ3n) is 2.54. The molecule has 1 atom stereocenters. The van der Waals surface area contributed by atoms with Crippen molar-refractivity contribution in [1.82, 2.24) is 0 Å². The van der Waals surface area contributed by atoms with E-state index in [9.17, 15) is 4.79 Å². The van der Waals surface area contributed by atoms with Gasteiger partial charge in [-0.2, -0.15) is 0 Å². The van der Waals surface area contributed by atoms with Gasteiger partial charge < -0.3 is 9.84 Å². The number of hydrogen-bond donors (Lipinski definition) is 1. The van der Waals surface area contributed by atoms with Gasteiger partial charge in [0.25, 0.3) is 0 Å². The van der Waals surface area contributed by atoms with Crippen LogP contribution in [0.2, 0.25) is 0 Å². The Morgan fingerprint density at radius 2 is 1.94 bits per heavy atom. The third kappa shape index (κ3) is 2.99. The smallest absolute Gasteiger partial charge is 0.347 e. The van der Waals surface area contributed by atoms with Gasteiger partial charge in [-0.15, -0.1) is 0 Å². The number of carboxylic acid groups (broad SMARTS) is 1. The maximum Gasteiger partial charge on any atom is 0.347 e. The van der Waals surface area contributed by atoms with Gasteiger partial charge in [-0.3, -0.25) is 0 Å². The number of carboxylic acids is 1. The fourth-order valence-electron chi connectivity index (χ4n) is 1.55. The molecule has 1 rings (SSSR count). The van der Waals surface area contributed by atoms with Gasteiger partial charge >= 0.3 is 5.97 Å². The van der Waals surface area contributed by atoms with Crippen molar-refractivity contribution in [3.8, 4) is 5.75 Å². The van der Waals surface area contributed by atoms with Gasteiger partial charge in [-0.05, 0) is 32.4 Å². The first kappa shape index (κ1) is 12.6. The molecule has 1 unspecified atom stereocenters. The van der Waals surface area contributed by atoms with Crippen LogP contribution in [0.5, 0.6) is 5.75 Å². The van der Waals surface area contributed by atoms with E-state index in [1.807, 2.05) is 26.0 Å². The second-order valence-corrected chi connectivity index (χ2v) is 4.20. The molecule has 1 N–H and O–H groups in total. The monoisotopic (exact) mass is 222 g/mol. The first-order valence-corrected chi connectivity index (χ1v) is 5.47. The van der Waals surface area contributed by atoms with Crippen LogP contribution >= 0.6 is 0 Å². The Bertz CT molecular complexity index is 356. The minimum Gasteiger partial charge on any atom is -0.478 e. The third-order valence-corrected chi connectivity index (χ3v) is 2.54. The minimum absolute atomic E-state index is 0.496. The molecule has 0 saturated carbocycles. The van der Waals surface area contributed by atoms with Gasteiger partial charge in [0.2, 0.25) is 5.60 Å². The van der Waals surface area contributed by atoms with Crippen LogP contribution in [0.15, 0.2) is 24.3 Å². The molecule has 0 aliphatic heterocycles. The van der Waals surface area contributed by atoms with E-state index in [1.165, 1.54) is 0 Å². The highest BCUT2D eigenvalue weighted by Crippen LogP contribution is 2.23. The average Bonchev–Trinajstić information content (AvgIpc) is 2.22. The Morgan fingerprint density at radius 1 is 1.38 bits per heavy atom. The predicted octanol–water partition coefficient (Wildman–Crippen LogP) is 3.02. The molecule has 0 amide bonds. The fraction of sp³-hybridized carbons (Fsp3) is 0.462. The summed E-state index contributed by atoms with van der Waals surface area (Å²) in [6, 6.07) is 7.41. The quantitative estimate of drug-likeness (QED) is 0.833. The van der Waals surface area contributed by atoms with Crippen LogP contribution in [0.1, 0.15) is 32.3 Å². The largest absolute Gasteiger partial charge is 0.478 e. The molecule has 1 aromatic carbocycles. The zero-order valence-corrected chi connectivity index (χ0v) is 9.99. The van der Waals surface area contributed by atoms with Crippen molar-refractivity contribution in [3.63, 3.8) is 0 Å². The summed E-state index contributed by atoms with van der Waals surface area (Å²) in [4.78, 5) is 11.2. The molecule has 0 radical (unpaired) electrons. The first-order valence-electron chi connectivity index (χ1n) is 5.47. The van der Waals surface area contributed by atoms with Crippen LogP contribution in [-0.4, -0.2) is 16.7 Å². The van der Waals surface area contributed by atoms with Gasteiger partial charge in [0.1, 0.15) is 5.75 Å². The van der Waals surface area contributed by atoms with E-state index in [-0.39, 0.29) is 0 Å². The van der Waals surface area contributed by atoms with Crippen molar-refractivity contribution in [3.05, 3.63) is 29.8 Å². The van der Waals surface area contributed by atoms with Gasteiger partial charge in [0, 0.05) is 0 Å². The summed E-state index contributed by atoms with van der Waals surface area (Å²) in [7, 11) is 0. The Balaban J connectivity index is 2.83. The molecule has 0 saturated heterocycles. The van der Waals surface area contributed by atoms with Crippen molar-refractivity contribution in [2.45, 2.75) is 39.2 Å². The summed E-state index contributed by atoms with van der Waals surface area (Å²) in [6.45, 7) is 5.53. The van der Waals surface area contributed by atoms with Gasteiger partial charge in [0.05, 0.1) is 0 Å². The first-order chi connectivity index (χ1) is 7.48. The van der Waals surface area contributed by atoms with Crippen LogP contribution in [0.4, 0.5) is 0 Å². The van der Waals surface area contributed by atoms with Crippen LogP contribution < -0.4 is 4.74 Å². The second-order valence-electron chi connectivity index (χ2n) is 4.20. The molecule has 16 heavy (non-hydrogen) atoms. The number of hydrogen-bond acceptors (Lipinski definition) is 2. The van der Waals surface area contributed by atoms with E-state index in [0.29, 0.717) is 12.2 Å². The van der Waals surface area contributed by atoms with E-state index >= 15 is 0 Å². The molecule has 3 heteroatoms. The average molecular weight is 222 g/mol. The summed E-state index contributed by atoms with van der Waals surface area (Å²) < 4.78 is 5.56. The molecule has 88 valence electrons. The highest BCUT2D eigenvalue weighted by molar-refractivity contribution is 5.77. The van der Waals surface area contributed by atoms with Crippen molar-refractivity contribution in [1.29, 1.82) is 0 Å². The Morgan fingerprint density at radius 3 is 2.38 bits per heavy atom. The lowest BCUT2D eigenvalue weighted by Gasteiger charge is -2.25. The molecular formula is C13H18O3. The normalized spacial score (nSPS) is 14.2. The molecule has 0 bridgehead atoms. The van der Waals surface area contributed by atoms with Gasteiger partial charge in [0.15, 0.2) is 0 Å². The molecule has 0 aliphatic carbocycles. The lowest BCUT2D eigenvalue weighted by Crippen LogP contribution is -2.41. The van der Waals surface area contributed by atoms with Gasteiger partial charge in [-0.25, -0.2) is 4.79 Å². The zero-order chi connectivity index (χ0) is 12.2. The Hall–Kier alpha value is -1.51. The fourth-order valence-corrected chi connectivity index (χ4v) is 1.55. The Labute approximate surface area is 96.1 Å². The molecule has 0 heterocycles. The highest BCUT2D eigenvalue weighted by Gasteiger charge is 2.34. The summed E-state index contributed by atoms with van der Waals surface area (Å²) in [5.41, 5.74) is -0.0100. The lowest BCUT2D eigenvalue weighted by atomic mass is 10.0. The minimum atomic E-state index is -1.13. The summed E-state index contributed by atoms with van der Waals surface area (Å²) in [5.74, 6) is -0.320. The number of rotatable bonds is 5. The standard InChI is InChI=1S/C13H18O3/c1-4-9-13(3,12(14)15)16-11-7-5-10(2)6-8-11/h5-8H,4,9H2,1-3H3,(H,14,15). The van der Waals surface area contributed by atoms with Crippen molar-refractivity contribution in [2.75, 3.05) is 0 Å². The number of carbonyl (C=O) groups is 1. The molecule has 0 spiro atoms. The summed E-state index contributed by atoms with van der Waals surface area (Å²) in [5, 5.41) is 9.15. The summed E-state index contributed by atoms with van der Waals surface area (Å²) in [6.07, 6.45) is 1.27. The Kier molecular flexibility index (Phi) is 3.93. The van der Waals surface area contributed by atoms with Crippen molar-refractivity contribution in [2.24, 2.45) is 0 Å². The lowest BCUT2D eigenvalue weighted by molar-refractivity contribution is -0.154. The molecule has 3 nitrogen and oxygen atoms in total. The molecule has 0 fully saturated rings. The van der Waals surface area contributed by atoms with Crippen molar-refractivity contribution >= 4 is 5.97 Å². The topological polar surface area (TPSA) is 46.5 Å². The number of aliphatic carboxylic acids is 1. The second kappa shape index (κ2) is 5.01. The number of ether oxygens (including phenoxy) is 1. The number of benzene rings is 1. The van der Waals surface area contributed by atoms with E-state index in [1.54, 1.807) is 19.1 Å². The van der Waals surface area contributed by atoms with E-state index in [0.717, 1.165) is 12.0 Å². The van der Waals surface area contributed by atoms with E-state index in [2.05, 4.69) is 0 Å². The van der Waals surface area contributed by atoms with Crippen LogP contribution in [0, 0.1) is 6.92 Å². The molecule has 0 aromatic heterocycles. The predicted molar refractivity (Wildman–Crippen MR) is 62.8 cm³/mol. The summed E-state index contributed by atoms with van der Waals surface area (Å²) >= 11 is 0. The van der Waals surface area contributed by atoms with E-state index in [4.69, 9.17) is 9.84 Å². The maximum absolute atomic E-state index is 11.2. The molecule has 1 aromatic rings.